The number of amides is 2. The molecule has 2 heterocycles. The van der Waals surface area contributed by atoms with Gasteiger partial charge in [-0.3, -0.25) is 19.4 Å². The Hall–Kier alpha value is -2.61. The number of hydrogen-bond acceptors (Lipinski definition) is 5. The molecular weight excluding hydrogens is 374 g/mol. The van der Waals surface area contributed by atoms with E-state index in [9.17, 15) is 19.5 Å². The van der Waals surface area contributed by atoms with Crippen LogP contribution in [0.15, 0.2) is 24.3 Å². The lowest BCUT2D eigenvalue weighted by molar-refractivity contribution is -0.137. The Labute approximate surface area is 171 Å². The van der Waals surface area contributed by atoms with E-state index < -0.39 is 12.1 Å². The molecule has 0 unspecified atom stereocenters. The molecular formula is C21H29N3O5. The van der Waals surface area contributed by atoms with Crippen LogP contribution in [0.4, 0.5) is 4.79 Å². The number of Topliss-reactive ketones (excluding diaryl/α,β-unsaturated/α-hetero) is 1. The molecule has 0 aliphatic carbocycles. The van der Waals surface area contributed by atoms with Crippen LogP contribution in [0.1, 0.15) is 36.5 Å². The number of ether oxygens (including phenoxy) is 1. The molecule has 1 aromatic rings. The standard InChI is InChI=1S/C21H29N3O5/c1-16(25)17-5-7-18(8-6-17)29-15-3-9-22-11-13-23(14-12-22)20(26)19-4-2-10-24(19)21(27)28/h5-8,19H,2-4,9-15H2,1H3,(H,27,28)/t19-/m0/s1. The van der Waals surface area contributed by atoms with Crippen molar-refractivity contribution in [1.82, 2.24) is 14.7 Å². The third kappa shape index (κ3) is 5.47. The molecule has 0 bridgehead atoms. The lowest BCUT2D eigenvalue weighted by Crippen LogP contribution is -2.54. The fourth-order valence-electron chi connectivity index (χ4n) is 3.92. The van der Waals surface area contributed by atoms with Crippen molar-refractivity contribution in [1.29, 1.82) is 0 Å². The highest BCUT2D eigenvalue weighted by atomic mass is 16.5. The number of piperazine rings is 1. The van der Waals surface area contributed by atoms with Gasteiger partial charge in [0.1, 0.15) is 11.8 Å². The maximum absolute atomic E-state index is 12.7. The second-order valence-electron chi connectivity index (χ2n) is 7.58. The van der Waals surface area contributed by atoms with E-state index >= 15 is 0 Å². The summed E-state index contributed by atoms with van der Waals surface area (Å²) in [5.41, 5.74) is 0.675. The lowest BCUT2D eigenvalue weighted by Gasteiger charge is -2.36. The predicted octanol–water partition coefficient (Wildman–Crippen LogP) is 1.94. The monoisotopic (exact) mass is 403 g/mol. The van der Waals surface area contributed by atoms with Crippen LogP contribution >= 0.6 is 0 Å². The minimum atomic E-state index is -1.00. The van der Waals surface area contributed by atoms with Crippen molar-refractivity contribution in [2.24, 2.45) is 0 Å². The van der Waals surface area contributed by atoms with Crippen LogP contribution in [-0.4, -0.2) is 89.5 Å². The molecule has 0 saturated carbocycles. The van der Waals surface area contributed by atoms with Gasteiger partial charge in [-0.05, 0) is 50.5 Å². The third-order valence-electron chi connectivity index (χ3n) is 5.62. The SMILES string of the molecule is CC(=O)c1ccc(OCCCN2CCN(C(=O)[C@@H]3CCCN3C(=O)O)CC2)cc1. The summed E-state index contributed by atoms with van der Waals surface area (Å²) in [4.78, 5) is 40.6. The average Bonchev–Trinajstić information content (AvgIpc) is 3.22. The molecule has 0 aromatic heterocycles. The van der Waals surface area contributed by atoms with Crippen LogP contribution < -0.4 is 4.74 Å². The highest BCUT2D eigenvalue weighted by Crippen LogP contribution is 2.20. The zero-order valence-corrected chi connectivity index (χ0v) is 16.9. The molecule has 158 valence electrons. The first-order chi connectivity index (χ1) is 14.0. The molecule has 1 aromatic carbocycles. The van der Waals surface area contributed by atoms with Crippen molar-refractivity contribution in [3.8, 4) is 5.75 Å². The first-order valence-corrected chi connectivity index (χ1v) is 10.2. The first kappa shape index (κ1) is 21.1. The molecule has 1 N–H and O–H groups in total. The highest BCUT2D eigenvalue weighted by molar-refractivity contribution is 5.94. The number of carbonyl (C=O) groups excluding carboxylic acids is 2. The Bertz CT molecular complexity index is 728. The summed E-state index contributed by atoms with van der Waals surface area (Å²) in [5, 5.41) is 9.23. The molecule has 2 fully saturated rings. The van der Waals surface area contributed by atoms with Gasteiger partial charge in [-0.15, -0.1) is 0 Å². The molecule has 0 spiro atoms. The minimum Gasteiger partial charge on any atom is -0.494 e. The number of carboxylic acid groups (broad SMARTS) is 1. The lowest BCUT2D eigenvalue weighted by atomic mass is 10.1. The van der Waals surface area contributed by atoms with Gasteiger partial charge in [0.15, 0.2) is 5.78 Å². The van der Waals surface area contributed by atoms with Crippen molar-refractivity contribution < 1.29 is 24.2 Å². The second kappa shape index (κ2) is 9.73. The van der Waals surface area contributed by atoms with E-state index in [1.807, 2.05) is 12.1 Å². The Kier molecular flexibility index (Phi) is 7.09. The topological polar surface area (TPSA) is 90.4 Å². The van der Waals surface area contributed by atoms with E-state index in [4.69, 9.17) is 4.74 Å². The van der Waals surface area contributed by atoms with E-state index in [-0.39, 0.29) is 11.7 Å². The summed E-state index contributed by atoms with van der Waals surface area (Å²) in [6.07, 6.45) is 1.24. The van der Waals surface area contributed by atoms with Crippen LogP contribution in [0.2, 0.25) is 0 Å². The third-order valence-corrected chi connectivity index (χ3v) is 5.62. The van der Waals surface area contributed by atoms with Gasteiger partial charge >= 0.3 is 6.09 Å². The van der Waals surface area contributed by atoms with Gasteiger partial charge < -0.3 is 14.7 Å². The molecule has 3 rings (SSSR count). The summed E-state index contributed by atoms with van der Waals surface area (Å²) in [6, 6.07) is 6.64. The Morgan fingerprint density at radius 1 is 1.07 bits per heavy atom. The van der Waals surface area contributed by atoms with E-state index in [2.05, 4.69) is 4.90 Å². The van der Waals surface area contributed by atoms with Gasteiger partial charge in [0.2, 0.25) is 5.91 Å². The van der Waals surface area contributed by atoms with Crippen LogP contribution in [0.5, 0.6) is 5.75 Å². The van der Waals surface area contributed by atoms with Gasteiger partial charge in [-0.2, -0.15) is 0 Å². The summed E-state index contributed by atoms with van der Waals surface area (Å²) in [5.74, 6) is 0.740. The number of nitrogens with zero attached hydrogens (tertiary/aromatic N) is 3. The maximum Gasteiger partial charge on any atom is 0.407 e. The molecule has 2 saturated heterocycles. The smallest absolute Gasteiger partial charge is 0.407 e. The average molecular weight is 403 g/mol. The number of carbonyl (C=O) groups is 3. The fraction of sp³-hybridized carbons (Fsp3) is 0.571. The van der Waals surface area contributed by atoms with E-state index in [1.54, 1.807) is 24.0 Å². The molecule has 1 atom stereocenters. The molecule has 2 aliphatic heterocycles. The Morgan fingerprint density at radius 2 is 1.76 bits per heavy atom. The number of benzene rings is 1. The molecule has 29 heavy (non-hydrogen) atoms. The van der Waals surface area contributed by atoms with E-state index in [1.165, 1.54) is 4.90 Å². The van der Waals surface area contributed by atoms with E-state index in [0.29, 0.717) is 38.2 Å². The van der Waals surface area contributed by atoms with Gasteiger partial charge in [0.25, 0.3) is 0 Å². The predicted molar refractivity (Wildman–Crippen MR) is 107 cm³/mol. The number of hydrogen-bond donors (Lipinski definition) is 1. The summed E-state index contributed by atoms with van der Waals surface area (Å²) < 4.78 is 5.73. The van der Waals surface area contributed by atoms with Crippen molar-refractivity contribution in [2.75, 3.05) is 45.9 Å². The number of likely N-dealkylation sites (tertiary alicyclic amines) is 1. The Morgan fingerprint density at radius 3 is 2.38 bits per heavy atom. The van der Waals surface area contributed by atoms with Gasteiger partial charge in [0.05, 0.1) is 6.61 Å². The zero-order chi connectivity index (χ0) is 20.8. The van der Waals surface area contributed by atoms with Gasteiger partial charge in [-0.25, -0.2) is 4.79 Å². The van der Waals surface area contributed by atoms with Crippen molar-refractivity contribution in [3.63, 3.8) is 0 Å². The molecule has 2 aliphatic rings. The molecule has 0 radical (unpaired) electrons. The van der Waals surface area contributed by atoms with Crippen LogP contribution in [-0.2, 0) is 4.79 Å². The quantitative estimate of drug-likeness (QED) is 0.553. The van der Waals surface area contributed by atoms with Crippen LogP contribution in [0, 0.1) is 0 Å². The molecule has 2 amide bonds. The van der Waals surface area contributed by atoms with Gasteiger partial charge in [0, 0.05) is 44.8 Å². The summed E-state index contributed by atoms with van der Waals surface area (Å²) in [7, 11) is 0. The van der Waals surface area contributed by atoms with Gasteiger partial charge in [-0.1, -0.05) is 0 Å². The highest BCUT2D eigenvalue weighted by Gasteiger charge is 2.37. The zero-order valence-electron chi connectivity index (χ0n) is 16.9. The summed E-state index contributed by atoms with van der Waals surface area (Å²) >= 11 is 0. The number of ketones is 1. The van der Waals surface area contributed by atoms with Crippen molar-refractivity contribution in [3.05, 3.63) is 29.8 Å². The number of rotatable bonds is 7. The van der Waals surface area contributed by atoms with Crippen LogP contribution in [0.25, 0.3) is 0 Å². The molecule has 8 nitrogen and oxygen atoms in total. The largest absolute Gasteiger partial charge is 0.494 e. The minimum absolute atomic E-state index is 0.0396. The first-order valence-electron chi connectivity index (χ1n) is 10.2. The van der Waals surface area contributed by atoms with E-state index in [0.717, 1.165) is 38.2 Å². The van der Waals surface area contributed by atoms with Crippen LogP contribution in [0.3, 0.4) is 0 Å². The fourth-order valence-corrected chi connectivity index (χ4v) is 3.92. The van der Waals surface area contributed by atoms with Crippen molar-refractivity contribution >= 4 is 17.8 Å². The second-order valence-corrected chi connectivity index (χ2v) is 7.58. The molecule has 8 heteroatoms. The summed E-state index contributed by atoms with van der Waals surface area (Å²) in [6.45, 7) is 6.32. The van der Waals surface area contributed by atoms with Crippen molar-refractivity contribution in [2.45, 2.75) is 32.2 Å². The maximum atomic E-state index is 12.7. The normalized spacial score (nSPS) is 20.0. The Balaban J connectivity index is 1.35.